The number of fused-ring (bicyclic) bond motifs is 1. The molecular weight excluding hydrogens is 306 g/mol. The van der Waals surface area contributed by atoms with E-state index in [1.807, 2.05) is 54.6 Å². The minimum Gasteiger partial charge on any atom is -0.340 e. The van der Waals surface area contributed by atoms with E-state index in [1.165, 1.54) is 5.56 Å². The van der Waals surface area contributed by atoms with Crippen molar-refractivity contribution in [1.82, 2.24) is 9.97 Å². The van der Waals surface area contributed by atoms with E-state index in [4.69, 9.17) is 21.6 Å². The van der Waals surface area contributed by atoms with Crippen LogP contribution in [0.15, 0.2) is 54.6 Å². The molecule has 0 spiro atoms. The fraction of sp³-hybridized carbons (Fsp3) is 0.158. The molecule has 1 aromatic heterocycles. The third-order valence-electron chi connectivity index (χ3n) is 4.05. The van der Waals surface area contributed by atoms with E-state index in [2.05, 4.69) is 5.32 Å². The first-order chi connectivity index (χ1) is 11.3. The number of nitrogens with zero attached hydrogens (tertiary/aromatic N) is 2. The second kappa shape index (κ2) is 6.01. The second-order valence-corrected chi connectivity index (χ2v) is 6.11. The van der Waals surface area contributed by atoms with Crippen molar-refractivity contribution in [3.63, 3.8) is 0 Å². The summed E-state index contributed by atoms with van der Waals surface area (Å²) in [6.45, 7) is 0. The van der Waals surface area contributed by atoms with Gasteiger partial charge in [0.25, 0.3) is 0 Å². The summed E-state index contributed by atoms with van der Waals surface area (Å²) in [5.41, 5.74) is 4.37. The van der Waals surface area contributed by atoms with Gasteiger partial charge in [-0.25, -0.2) is 9.97 Å². The van der Waals surface area contributed by atoms with Crippen molar-refractivity contribution in [2.75, 3.05) is 5.32 Å². The summed E-state index contributed by atoms with van der Waals surface area (Å²) in [6.07, 6.45) is 3.17. The van der Waals surface area contributed by atoms with Crippen LogP contribution in [-0.2, 0) is 12.8 Å². The highest BCUT2D eigenvalue weighted by molar-refractivity contribution is 6.30. The van der Waals surface area contributed by atoms with Crippen LogP contribution in [0.1, 0.15) is 17.7 Å². The van der Waals surface area contributed by atoms with Gasteiger partial charge < -0.3 is 5.32 Å². The minimum absolute atomic E-state index is 0.698. The molecule has 0 aliphatic heterocycles. The van der Waals surface area contributed by atoms with E-state index in [9.17, 15) is 0 Å². The zero-order valence-corrected chi connectivity index (χ0v) is 13.3. The van der Waals surface area contributed by atoms with Crippen LogP contribution in [0.2, 0.25) is 5.02 Å². The van der Waals surface area contributed by atoms with Gasteiger partial charge in [-0.3, -0.25) is 0 Å². The Hall–Kier alpha value is -2.39. The van der Waals surface area contributed by atoms with E-state index >= 15 is 0 Å². The Labute approximate surface area is 140 Å². The van der Waals surface area contributed by atoms with Gasteiger partial charge in [0.15, 0.2) is 5.82 Å². The number of hydrogen-bond donors (Lipinski definition) is 1. The third-order valence-corrected chi connectivity index (χ3v) is 4.29. The Morgan fingerprint density at radius 2 is 1.78 bits per heavy atom. The van der Waals surface area contributed by atoms with Crippen LogP contribution in [-0.4, -0.2) is 9.97 Å². The highest BCUT2D eigenvalue weighted by Gasteiger charge is 2.20. The maximum atomic E-state index is 6.11. The number of halogens is 1. The van der Waals surface area contributed by atoms with Crippen molar-refractivity contribution in [3.8, 4) is 11.4 Å². The van der Waals surface area contributed by atoms with Crippen LogP contribution < -0.4 is 5.32 Å². The Morgan fingerprint density at radius 1 is 0.913 bits per heavy atom. The number of nitrogens with one attached hydrogen (secondary N) is 1. The zero-order chi connectivity index (χ0) is 15.6. The Morgan fingerprint density at radius 3 is 2.61 bits per heavy atom. The van der Waals surface area contributed by atoms with Gasteiger partial charge in [-0.2, -0.15) is 0 Å². The number of aryl methyl sites for hydroxylation is 1. The van der Waals surface area contributed by atoms with E-state index in [-0.39, 0.29) is 0 Å². The van der Waals surface area contributed by atoms with Crippen LogP contribution in [0, 0.1) is 0 Å². The van der Waals surface area contributed by atoms with Gasteiger partial charge in [-0.05, 0) is 43.5 Å². The average molecular weight is 322 g/mol. The first-order valence-electron chi connectivity index (χ1n) is 7.77. The van der Waals surface area contributed by atoms with Gasteiger partial charge in [0.05, 0.1) is 0 Å². The molecule has 1 heterocycles. The number of anilines is 2. The maximum absolute atomic E-state index is 6.11. The summed E-state index contributed by atoms with van der Waals surface area (Å²) in [5.74, 6) is 1.64. The van der Waals surface area contributed by atoms with E-state index in [1.54, 1.807) is 0 Å². The van der Waals surface area contributed by atoms with Crippen molar-refractivity contribution in [1.29, 1.82) is 0 Å². The SMILES string of the molecule is Clc1cccc(-c2nc3c(c(Nc4ccccc4)n2)CCC3)c1. The van der Waals surface area contributed by atoms with Crippen molar-refractivity contribution in [2.24, 2.45) is 0 Å². The highest BCUT2D eigenvalue weighted by Crippen LogP contribution is 2.31. The predicted molar refractivity (Wildman–Crippen MR) is 94.2 cm³/mol. The molecule has 1 aliphatic carbocycles. The lowest BCUT2D eigenvalue weighted by atomic mass is 10.2. The number of hydrogen-bond acceptors (Lipinski definition) is 3. The number of aromatic nitrogens is 2. The summed E-state index contributed by atoms with van der Waals surface area (Å²) >= 11 is 6.11. The number of rotatable bonds is 3. The molecule has 0 radical (unpaired) electrons. The molecule has 4 rings (SSSR count). The van der Waals surface area contributed by atoms with Crippen LogP contribution >= 0.6 is 11.6 Å². The molecule has 3 aromatic rings. The van der Waals surface area contributed by atoms with Crippen molar-refractivity contribution in [3.05, 3.63) is 70.9 Å². The van der Waals surface area contributed by atoms with Crippen molar-refractivity contribution >= 4 is 23.1 Å². The average Bonchev–Trinajstić information content (AvgIpc) is 3.05. The molecule has 0 saturated heterocycles. The van der Waals surface area contributed by atoms with E-state index < -0.39 is 0 Å². The predicted octanol–water partition coefficient (Wildman–Crippen LogP) is 5.03. The molecule has 0 amide bonds. The highest BCUT2D eigenvalue weighted by atomic mass is 35.5. The topological polar surface area (TPSA) is 37.8 Å². The Kier molecular flexibility index (Phi) is 3.72. The Bertz CT molecular complexity index is 846. The minimum atomic E-state index is 0.698. The molecule has 0 unspecified atom stereocenters. The summed E-state index contributed by atoms with van der Waals surface area (Å²) in [7, 11) is 0. The first kappa shape index (κ1) is 14.2. The van der Waals surface area contributed by atoms with Gasteiger partial charge in [-0.1, -0.05) is 41.9 Å². The maximum Gasteiger partial charge on any atom is 0.161 e. The van der Waals surface area contributed by atoms with E-state index in [0.29, 0.717) is 5.02 Å². The normalized spacial score (nSPS) is 12.9. The van der Waals surface area contributed by atoms with Crippen LogP contribution in [0.5, 0.6) is 0 Å². The lowest BCUT2D eigenvalue weighted by molar-refractivity contribution is 0.900. The quantitative estimate of drug-likeness (QED) is 0.735. The molecule has 114 valence electrons. The van der Waals surface area contributed by atoms with Crippen LogP contribution in [0.25, 0.3) is 11.4 Å². The van der Waals surface area contributed by atoms with Crippen LogP contribution in [0.4, 0.5) is 11.5 Å². The molecular formula is C19H16ClN3. The summed E-state index contributed by atoms with van der Waals surface area (Å²) in [4.78, 5) is 9.53. The van der Waals surface area contributed by atoms with Crippen molar-refractivity contribution in [2.45, 2.75) is 19.3 Å². The largest absolute Gasteiger partial charge is 0.340 e. The number of para-hydroxylation sites is 1. The lowest BCUT2D eigenvalue weighted by Crippen LogP contribution is -2.03. The fourth-order valence-electron chi connectivity index (χ4n) is 2.95. The second-order valence-electron chi connectivity index (χ2n) is 5.68. The van der Waals surface area contributed by atoms with E-state index in [0.717, 1.165) is 47.8 Å². The Balaban J connectivity index is 1.79. The van der Waals surface area contributed by atoms with Gasteiger partial charge in [0, 0.05) is 27.5 Å². The molecule has 0 saturated carbocycles. The lowest BCUT2D eigenvalue weighted by Gasteiger charge is -2.12. The van der Waals surface area contributed by atoms with Crippen molar-refractivity contribution < 1.29 is 0 Å². The van der Waals surface area contributed by atoms with Gasteiger partial charge in [0.1, 0.15) is 5.82 Å². The number of benzene rings is 2. The molecule has 0 fully saturated rings. The third kappa shape index (κ3) is 2.92. The molecule has 0 atom stereocenters. The smallest absolute Gasteiger partial charge is 0.161 e. The summed E-state index contributed by atoms with van der Waals surface area (Å²) in [6, 6.07) is 17.8. The molecule has 4 heteroatoms. The molecule has 23 heavy (non-hydrogen) atoms. The summed E-state index contributed by atoms with van der Waals surface area (Å²) < 4.78 is 0. The molecule has 1 aliphatic rings. The molecule has 1 N–H and O–H groups in total. The van der Waals surface area contributed by atoms with Crippen LogP contribution in [0.3, 0.4) is 0 Å². The molecule has 0 bridgehead atoms. The monoisotopic (exact) mass is 321 g/mol. The molecule has 3 nitrogen and oxygen atoms in total. The molecule has 2 aromatic carbocycles. The van der Waals surface area contributed by atoms with Gasteiger partial charge in [-0.15, -0.1) is 0 Å². The van der Waals surface area contributed by atoms with Gasteiger partial charge in [0.2, 0.25) is 0 Å². The summed E-state index contributed by atoms with van der Waals surface area (Å²) in [5, 5.41) is 4.14. The fourth-order valence-corrected chi connectivity index (χ4v) is 3.14. The van der Waals surface area contributed by atoms with Gasteiger partial charge >= 0.3 is 0 Å². The first-order valence-corrected chi connectivity index (χ1v) is 8.15. The zero-order valence-electron chi connectivity index (χ0n) is 12.6. The standard InChI is InChI=1S/C19H16ClN3/c20-14-7-4-6-13(12-14)18-22-17-11-5-10-16(17)19(23-18)21-15-8-2-1-3-9-15/h1-4,6-9,12H,5,10-11H2,(H,21,22,23).